The summed E-state index contributed by atoms with van der Waals surface area (Å²) >= 11 is 0. The number of aliphatic hydroxyl groups excluding tert-OH is 1. The number of hydrogen-bond acceptors (Lipinski definition) is 6. The molecule has 1 saturated heterocycles. The van der Waals surface area contributed by atoms with E-state index in [1.54, 1.807) is 26.2 Å². The van der Waals surface area contributed by atoms with Crippen molar-refractivity contribution in [2.45, 2.75) is 75.9 Å². The second kappa shape index (κ2) is 10.4. The van der Waals surface area contributed by atoms with Crippen molar-refractivity contribution in [3.63, 3.8) is 0 Å². The van der Waals surface area contributed by atoms with E-state index in [4.69, 9.17) is 9.47 Å². The molecule has 0 aromatic heterocycles. The van der Waals surface area contributed by atoms with Gasteiger partial charge in [0.2, 0.25) is 10.0 Å². The number of methoxy groups -OCH3 is 1. The summed E-state index contributed by atoms with van der Waals surface area (Å²) in [6, 6.07) is 5.68. The third kappa shape index (κ3) is 5.92. The SMILES string of the molecule is COc1ccc(CN([C@H]2C[C@@H](C)N(C(=O)O)[C@H]2COC2CCC(O)CC2)S(C)(=O)=O)cc1. The van der Waals surface area contributed by atoms with Gasteiger partial charge in [0.25, 0.3) is 0 Å². The van der Waals surface area contributed by atoms with Gasteiger partial charge in [0.15, 0.2) is 0 Å². The zero-order valence-electron chi connectivity index (χ0n) is 18.9. The molecule has 10 heteroatoms. The van der Waals surface area contributed by atoms with Gasteiger partial charge in [0.1, 0.15) is 5.75 Å². The Balaban J connectivity index is 1.82. The molecule has 2 fully saturated rings. The number of nitrogens with zero attached hydrogens (tertiary/aromatic N) is 2. The summed E-state index contributed by atoms with van der Waals surface area (Å²) < 4.78 is 38.2. The highest BCUT2D eigenvalue weighted by molar-refractivity contribution is 7.88. The highest BCUT2D eigenvalue weighted by Crippen LogP contribution is 2.33. The molecule has 1 aliphatic carbocycles. The number of carboxylic acid groups (broad SMARTS) is 1. The molecule has 3 atom stereocenters. The first-order chi connectivity index (χ1) is 15.1. The van der Waals surface area contributed by atoms with E-state index in [1.165, 1.54) is 9.21 Å². The van der Waals surface area contributed by atoms with Gasteiger partial charge in [-0.3, -0.25) is 4.90 Å². The van der Waals surface area contributed by atoms with Crippen molar-refractivity contribution in [3.05, 3.63) is 29.8 Å². The molecule has 2 aliphatic rings. The summed E-state index contributed by atoms with van der Waals surface area (Å²) in [5.41, 5.74) is 0.790. The first kappa shape index (κ1) is 24.8. The van der Waals surface area contributed by atoms with Crippen molar-refractivity contribution in [3.8, 4) is 5.75 Å². The maximum absolute atomic E-state index is 12.8. The monoisotopic (exact) mass is 470 g/mol. The highest BCUT2D eigenvalue weighted by Gasteiger charge is 2.47. The molecule has 180 valence electrons. The van der Waals surface area contributed by atoms with Gasteiger partial charge in [0, 0.05) is 18.6 Å². The second-order valence-corrected chi connectivity index (χ2v) is 10.8. The molecule has 3 rings (SSSR count). The zero-order chi connectivity index (χ0) is 23.5. The van der Waals surface area contributed by atoms with Crippen LogP contribution in [0.25, 0.3) is 0 Å². The Labute approximate surface area is 190 Å². The van der Waals surface area contributed by atoms with Crippen LogP contribution in [0.5, 0.6) is 5.75 Å². The van der Waals surface area contributed by atoms with Gasteiger partial charge >= 0.3 is 6.09 Å². The van der Waals surface area contributed by atoms with Crippen LogP contribution in [0.15, 0.2) is 24.3 Å². The maximum Gasteiger partial charge on any atom is 0.407 e. The molecule has 0 unspecified atom stereocenters. The van der Waals surface area contributed by atoms with Gasteiger partial charge in [-0.25, -0.2) is 13.2 Å². The minimum absolute atomic E-state index is 0.0566. The molecule has 1 aromatic carbocycles. The van der Waals surface area contributed by atoms with Crippen molar-refractivity contribution >= 4 is 16.1 Å². The molecule has 0 bridgehead atoms. The number of carbonyl (C=O) groups is 1. The molecule has 0 radical (unpaired) electrons. The summed E-state index contributed by atoms with van der Waals surface area (Å²) in [7, 11) is -2.06. The normalized spacial score (nSPS) is 28.8. The third-order valence-corrected chi connectivity index (χ3v) is 7.77. The third-order valence-electron chi connectivity index (χ3n) is 6.52. The van der Waals surface area contributed by atoms with Crippen LogP contribution in [0.3, 0.4) is 0 Å². The molecule has 1 heterocycles. The molecule has 1 amide bonds. The minimum atomic E-state index is -3.62. The topological polar surface area (TPSA) is 117 Å². The first-order valence-corrected chi connectivity index (χ1v) is 12.9. The lowest BCUT2D eigenvalue weighted by Crippen LogP contribution is -2.51. The highest BCUT2D eigenvalue weighted by atomic mass is 32.2. The number of likely N-dealkylation sites (tertiary alicyclic amines) is 1. The molecular weight excluding hydrogens is 436 g/mol. The number of rotatable bonds is 8. The van der Waals surface area contributed by atoms with Crippen molar-refractivity contribution in [1.29, 1.82) is 0 Å². The average Bonchev–Trinajstić information content (AvgIpc) is 3.07. The number of sulfonamides is 1. The van der Waals surface area contributed by atoms with Crippen LogP contribution >= 0.6 is 0 Å². The molecule has 9 nitrogen and oxygen atoms in total. The molecule has 2 N–H and O–H groups in total. The van der Waals surface area contributed by atoms with Crippen molar-refractivity contribution in [1.82, 2.24) is 9.21 Å². The van der Waals surface area contributed by atoms with E-state index in [1.807, 2.05) is 12.1 Å². The average molecular weight is 471 g/mol. The molecule has 1 aromatic rings. The molecule has 1 saturated carbocycles. The summed E-state index contributed by atoms with van der Waals surface area (Å²) in [4.78, 5) is 13.3. The van der Waals surface area contributed by atoms with E-state index in [-0.39, 0.29) is 31.4 Å². The lowest BCUT2D eigenvalue weighted by molar-refractivity contribution is -0.0286. The Hall–Kier alpha value is -1.88. The standard InChI is InChI=1S/C22H34N2O7S/c1-15-12-20(23(32(3,28)29)13-16-4-8-18(30-2)9-5-16)21(24(15)22(26)27)14-31-19-10-6-17(25)7-11-19/h4-5,8-9,15,17,19-21,25H,6-7,10-14H2,1-3H3,(H,26,27)/t15-,17?,19?,20+,21+/m1/s1. The lowest BCUT2D eigenvalue weighted by atomic mass is 9.95. The van der Waals surface area contributed by atoms with Gasteiger partial charge < -0.3 is 19.7 Å². The predicted octanol–water partition coefficient (Wildman–Crippen LogP) is 2.29. The fraction of sp³-hybridized carbons (Fsp3) is 0.682. The predicted molar refractivity (Wildman–Crippen MR) is 119 cm³/mol. The number of hydrogen-bond donors (Lipinski definition) is 2. The van der Waals surface area contributed by atoms with E-state index < -0.39 is 28.2 Å². The van der Waals surface area contributed by atoms with E-state index in [9.17, 15) is 23.4 Å². The van der Waals surface area contributed by atoms with Crippen LogP contribution in [0.2, 0.25) is 0 Å². The van der Waals surface area contributed by atoms with E-state index in [0.29, 0.717) is 37.9 Å². The minimum Gasteiger partial charge on any atom is -0.497 e. The Bertz CT molecular complexity index is 869. The van der Waals surface area contributed by atoms with Crippen LogP contribution < -0.4 is 4.74 Å². The summed E-state index contributed by atoms with van der Waals surface area (Å²) in [6.07, 6.45) is 2.85. The van der Waals surface area contributed by atoms with Gasteiger partial charge in [-0.2, -0.15) is 4.31 Å². The second-order valence-electron chi connectivity index (χ2n) is 8.83. The zero-order valence-corrected chi connectivity index (χ0v) is 19.7. The van der Waals surface area contributed by atoms with Crippen LogP contribution in [-0.2, 0) is 21.3 Å². The van der Waals surface area contributed by atoms with Crippen molar-refractivity contribution in [2.24, 2.45) is 0 Å². The Morgan fingerprint density at radius 1 is 1.19 bits per heavy atom. The summed E-state index contributed by atoms with van der Waals surface area (Å²) in [5, 5.41) is 19.5. The van der Waals surface area contributed by atoms with E-state index >= 15 is 0 Å². The number of ether oxygens (including phenoxy) is 2. The molecule has 1 aliphatic heterocycles. The summed E-state index contributed by atoms with van der Waals surface area (Å²) in [5.74, 6) is 0.676. The van der Waals surface area contributed by atoms with Gasteiger partial charge in [0.05, 0.1) is 38.2 Å². The van der Waals surface area contributed by atoms with Crippen LogP contribution in [0.1, 0.15) is 44.6 Å². The van der Waals surface area contributed by atoms with E-state index in [2.05, 4.69) is 0 Å². The molecule has 0 spiro atoms. The van der Waals surface area contributed by atoms with Crippen LogP contribution in [-0.4, -0.2) is 84.2 Å². The van der Waals surface area contributed by atoms with Gasteiger partial charge in [-0.05, 0) is 56.7 Å². The molecule has 32 heavy (non-hydrogen) atoms. The van der Waals surface area contributed by atoms with Gasteiger partial charge in [-0.1, -0.05) is 12.1 Å². The Morgan fingerprint density at radius 2 is 1.81 bits per heavy atom. The fourth-order valence-corrected chi connectivity index (χ4v) is 5.90. The maximum atomic E-state index is 12.8. The molecular formula is C22H34N2O7S. The number of benzene rings is 1. The van der Waals surface area contributed by atoms with E-state index in [0.717, 1.165) is 11.8 Å². The van der Waals surface area contributed by atoms with Gasteiger partial charge in [-0.15, -0.1) is 0 Å². The van der Waals surface area contributed by atoms with Crippen molar-refractivity contribution < 1.29 is 32.9 Å². The lowest BCUT2D eigenvalue weighted by Gasteiger charge is -2.35. The number of aliphatic hydroxyl groups is 1. The Morgan fingerprint density at radius 3 is 2.34 bits per heavy atom. The quantitative estimate of drug-likeness (QED) is 0.599. The Kier molecular flexibility index (Phi) is 8.02. The van der Waals surface area contributed by atoms with Crippen LogP contribution in [0, 0.1) is 0 Å². The van der Waals surface area contributed by atoms with Crippen LogP contribution in [0.4, 0.5) is 4.79 Å². The number of amides is 1. The van der Waals surface area contributed by atoms with Crippen molar-refractivity contribution in [2.75, 3.05) is 20.0 Å². The smallest absolute Gasteiger partial charge is 0.407 e. The fourth-order valence-electron chi connectivity index (χ4n) is 4.80. The first-order valence-electron chi connectivity index (χ1n) is 11.0. The summed E-state index contributed by atoms with van der Waals surface area (Å²) in [6.45, 7) is 2.06. The largest absolute Gasteiger partial charge is 0.497 e.